The summed E-state index contributed by atoms with van der Waals surface area (Å²) in [7, 11) is 1.56. The molecule has 0 fully saturated rings. The first kappa shape index (κ1) is 20.6. The summed E-state index contributed by atoms with van der Waals surface area (Å²) in [6.07, 6.45) is 0.503. The van der Waals surface area contributed by atoms with Gasteiger partial charge < -0.3 is 15.4 Å². The van der Waals surface area contributed by atoms with Crippen molar-refractivity contribution >= 4 is 28.7 Å². The molecule has 0 unspecified atom stereocenters. The largest absolute Gasteiger partial charge is 0.385 e. The highest BCUT2D eigenvalue weighted by atomic mass is 32.1. The molecule has 3 aromatic rings. The number of aromatic amines is 1. The van der Waals surface area contributed by atoms with E-state index in [2.05, 4.69) is 4.98 Å². The van der Waals surface area contributed by atoms with Crippen LogP contribution in [0.5, 0.6) is 0 Å². The number of hydrogen-bond acceptors (Lipinski definition) is 6. The van der Waals surface area contributed by atoms with Crippen molar-refractivity contribution in [2.75, 3.05) is 30.9 Å². The van der Waals surface area contributed by atoms with E-state index in [4.69, 9.17) is 10.5 Å². The number of methoxy groups -OCH3 is 1. The zero-order chi connectivity index (χ0) is 20.8. The molecule has 3 N–H and O–H groups in total. The van der Waals surface area contributed by atoms with Crippen LogP contribution in [-0.2, 0) is 11.3 Å². The van der Waals surface area contributed by atoms with Crippen molar-refractivity contribution in [2.45, 2.75) is 13.0 Å². The van der Waals surface area contributed by atoms with Crippen molar-refractivity contribution in [3.8, 4) is 0 Å². The monoisotopic (exact) mass is 414 g/mol. The number of nitrogens with zero attached hydrogens (tertiary/aromatic N) is 2. The number of anilines is 2. The fraction of sp³-hybridized carbons (Fsp3) is 0.250. The number of H-pyrrole nitrogens is 1. The standard InChI is InChI=1S/C20H22N4O4S/c1-28-10-5-9-23(19(26)15-8-11-29-13-15)16-17(21)24(20(27)22-18(16)25)12-14-6-3-2-4-7-14/h2-4,6-8,11,13H,5,9-10,12,21H2,1H3,(H,22,25,27). The number of benzene rings is 1. The zero-order valence-corrected chi connectivity index (χ0v) is 16.8. The predicted molar refractivity (Wildman–Crippen MR) is 114 cm³/mol. The van der Waals surface area contributed by atoms with Crippen LogP contribution in [0, 0.1) is 0 Å². The second-order valence-electron chi connectivity index (χ2n) is 6.38. The fourth-order valence-electron chi connectivity index (χ4n) is 2.99. The number of amides is 1. The van der Waals surface area contributed by atoms with Crippen LogP contribution >= 0.6 is 11.3 Å². The van der Waals surface area contributed by atoms with Gasteiger partial charge in [0.05, 0.1) is 12.1 Å². The topological polar surface area (TPSA) is 110 Å². The van der Waals surface area contributed by atoms with E-state index >= 15 is 0 Å². The first-order chi connectivity index (χ1) is 14.0. The van der Waals surface area contributed by atoms with Crippen LogP contribution in [0.4, 0.5) is 11.5 Å². The van der Waals surface area contributed by atoms with E-state index in [1.807, 2.05) is 30.3 Å². The highest BCUT2D eigenvalue weighted by Gasteiger charge is 2.25. The Bertz CT molecular complexity index is 1070. The summed E-state index contributed by atoms with van der Waals surface area (Å²) < 4.78 is 6.33. The Balaban J connectivity index is 2.06. The third kappa shape index (κ3) is 4.64. The maximum atomic E-state index is 13.1. The molecule has 152 valence electrons. The lowest BCUT2D eigenvalue weighted by molar-refractivity contribution is 0.0983. The Morgan fingerprint density at radius 1 is 1.24 bits per heavy atom. The smallest absolute Gasteiger partial charge is 0.330 e. The number of ether oxygens (including phenoxy) is 1. The van der Waals surface area contributed by atoms with Crippen LogP contribution in [0.2, 0.25) is 0 Å². The van der Waals surface area contributed by atoms with Gasteiger partial charge in [0, 0.05) is 25.6 Å². The summed E-state index contributed by atoms with van der Waals surface area (Å²) in [6, 6.07) is 10.9. The van der Waals surface area contributed by atoms with Crippen molar-refractivity contribution in [3.63, 3.8) is 0 Å². The molecule has 0 aliphatic heterocycles. The molecule has 1 amide bonds. The molecular formula is C20H22N4O4S. The maximum Gasteiger partial charge on any atom is 0.330 e. The summed E-state index contributed by atoms with van der Waals surface area (Å²) >= 11 is 1.38. The Morgan fingerprint density at radius 2 is 2.00 bits per heavy atom. The molecule has 0 bridgehead atoms. The molecule has 3 rings (SSSR count). The number of carbonyl (C=O) groups is 1. The number of nitrogens with one attached hydrogen (secondary N) is 1. The Morgan fingerprint density at radius 3 is 2.66 bits per heavy atom. The van der Waals surface area contributed by atoms with Gasteiger partial charge in [-0.3, -0.25) is 19.1 Å². The Kier molecular flexibility index (Phi) is 6.63. The average molecular weight is 414 g/mol. The van der Waals surface area contributed by atoms with Crippen LogP contribution in [-0.4, -0.2) is 35.7 Å². The molecule has 0 aliphatic carbocycles. The van der Waals surface area contributed by atoms with E-state index in [0.717, 1.165) is 5.56 Å². The van der Waals surface area contributed by atoms with Crippen molar-refractivity contribution in [1.29, 1.82) is 0 Å². The molecule has 2 heterocycles. The molecule has 0 spiro atoms. The van der Waals surface area contributed by atoms with Gasteiger partial charge >= 0.3 is 5.69 Å². The van der Waals surface area contributed by atoms with E-state index in [-0.39, 0.29) is 30.5 Å². The number of aromatic nitrogens is 2. The molecule has 2 aromatic heterocycles. The highest BCUT2D eigenvalue weighted by molar-refractivity contribution is 7.08. The lowest BCUT2D eigenvalue weighted by atomic mass is 10.2. The van der Waals surface area contributed by atoms with Gasteiger partial charge in [0.2, 0.25) is 0 Å². The number of nitrogen functional groups attached to an aromatic ring is 1. The number of nitrogens with two attached hydrogens (primary N) is 1. The quantitative estimate of drug-likeness (QED) is 0.547. The number of rotatable bonds is 8. The molecule has 1 aromatic carbocycles. The average Bonchev–Trinajstić information content (AvgIpc) is 3.25. The normalized spacial score (nSPS) is 10.8. The van der Waals surface area contributed by atoms with Gasteiger partial charge in [-0.25, -0.2) is 4.79 Å². The molecule has 0 aliphatic rings. The molecule has 0 atom stereocenters. The maximum absolute atomic E-state index is 13.1. The van der Waals surface area contributed by atoms with Gasteiger partial charge in [0.15, 0.2) is 5.69 Å². The van der Waals surface area contributed by atoms with E-state index in [0.29, 0.717) is 18.6 Å². The van der Waals surface area contributed by atoms with Crippen LogP contribution in [0.3, 0.4) is 0 Å². The summed E-state index contributed by atoms with van der Waals surface area (Å²) in [4.78, 5) is 41.7. The Labute approximate surface area is 171 Å². The summed E-state index contributed by atoms with van der Waals surface area (Å²) in [5.74, 6) is -0.409. The number of thiophene rings is 1. The van der Waals surface area contributed by atoms with Gasteiger partial charge in [-0.2, -0.15) is 11.3 Å². The second kappa shape index (κ2) is 9.35. The van der Waals surface area contributed by atoms with Gasteiger partial charge in [0.1, 0.15) is 5.82 Å². The van der Waals surface area contributed by atoms with Crippen molar-refractivity contribution in [1.82, 2.24) is 9.55 Å². The minimum Gasteiger partial charge on any atom is -0.385 e. The van der Waals surface area contributed by atoms with Crippen molar-refractivity contribution < 1.29 is 9.53 Å². The van der Waals surface area contributed by atoms with Gasteiger partial charge in [-0.05, 0) is 23.4 Å². The summed E-state index contributed by atoms with van der Waals surface area (Å²) in [5.41, 5.74) is 6.19. The minimum absolute atomic E-state index is 0.0344. The second-order valence-corrected chi connectivity index (χ2v) is 7.16. The van der Waals surface area contributed by atoms with E-state index in [9.17, 15) is 14.4 Å². The number of hydrogen-bond donors (Lipinski definition) is 2. The van der Waals surface area contributed by atoms with Gasteiger partial charge in [-0.1, -0.05) is 30.3 Å². The fourth-order valence-corrected chi connectivity index (χ4v) is 3.61. The van der Waals surface area contributed by atoms with Crippen LogP contribution in [0.15, 0.2) is 56.7 Å². The van der Waals surface area contributed by atoms with Gasteiger partial charge in [0.25, 0.3) is 11.5 Å². The number of carbonyl (C=O) groups excluding carboxylic acids is 1. The van der Waals surface area contributed by atoms with Gasteiger partial charge in [-0.15, -0.1) is 0 Å². The van der Waals surface area contributed by atoms with E-state index < -0.39 is 11.2 Å². The third-order valence-electron chi connectivity index (χ3n) is 4.41. The predicted octanol–water partition coefficient (Wildman–Crippen LogP) is 1.91. The van der Waals surface area contributed by atoms with Crippen molar-refractivity contribution in [3.05, 3.63) is 79.1 Å². The molecule has 0 radical (unpaired) electrons. The molecular weight excluding hydrogens is 392 g/mol. The Hall–Kier alpha value is -3.17. The first-order valence-electron chi connectivity index (χ1n) is 9.02. The summed E-state index contributed by atoms with van der Waals surface area (Å²) in [6.45, 7) is 0.808. The molecule has 29 heavy (non-hydrogen) atoms. The van der Waals surface area contributed by atoms with E-state index in [1.54, 1.807) is 23.9 Å². The minimum atomic E-state index is -0.696. The molecule has 0 saturated heterocycles. The molecule has 9 heteroatoms. The van der Waals surface area contributed by atoms with Crippen LogP contribution in [0.25, 0.3) is 0 Å². The van der Waals surface area contributed by atoms with Crippen LogP contribution < -0.4 is 21.9 Å². The molecule has 8 nitrogen and oxygen atoms in total. The molecule has 0 saturated carbocycles. The third-order valence-corrected chi connectivity index (χ3v) is 5.09. The zero-order valence-electron chi connectivity index (χ0n) is 16.0. The highest BCUT2D eigenvalue weighted by Crippen LogP contribution is 2.21. The van der Waals surface area contributed by atoms with Crippen molar-refractivity contribution in [2.24, 2.45) is 0 Å². The van der Waals surface area contributed by atoms with E-state index in [1.165, 1.54) is 20.8 Å². The SMILES string of the molecule is COCCCN(C(=O)c1ccsc1)c1c(N)n(Cc2ccccc2)c(=O)[nH]c1=O. The lowest BCUT2D eigenvalue weighted by Gasteiger charge is -2.24. The van der Waals surface area contributed by atoms with Crippen LogP contribution in [0.1, 0.15) is 22.3 Å². The summed E-state index contributed by atoms with van der Waals surface area (Å²) in [5, 5.41) is 3.49. The lowest BCUT2D eigenvalue weighted by Crippen LogP contribution is -2.41. The first-order valence-corrected chi connectivity index (χ1v) is 9.96.